The zero-order chi connectivity index (χ0) is 22.1. The van der Waals surface area contributed by atoms with Gasteiger partial charge in [-0.25, -0.2) is 4.39 Å². The molecule has 1 fully saturated rings. The minimum Gasteiger partial charge on any atom is -0.406 e. The van der Waals surface area contributed by atoms with Gasteiger partial charge in [0.15, 0.2) is 0 Å². The Hall–Kier alpha value is -3.43. The van der Waals surface area contributed by atoms with Crippen LogP contribution < -0.4 is 10.1 Å². The number of carbonyl (C=O) groups excluding carboxylic acids is 1. The van der Waals surface area contributed by atoms with Crippen molar-refractivity contribution in [1.29, 1.82) is 0 Å². The van der Waals surface area contributed by atoms with Crippen molar-refractivity contribution < 1.29 is 31.6 Å². The Morgan fingerprint density at radius 2 is 1.68 bits per heavy atom. The Kier molecular flexibility index (Phi) is 5.38. The number of nitrogens with zero attached hydrogens (tertiary/aromatic N) is 2. The summed E-state index contributed by atoms with van der Waals surface area (Å²) in [5, 5.41) is 6.86. The SMILES string of the molecule is O=C(NC1(c2nc(-c3ccc(OC(F)(F)F)cc3)no2)CCCC1)c1ccc(F)cc1. The van der Waals surface area contributed by atoms with E-state index in [1.807, 2.05) is 0 Å². The predicted molar refractivity (Wildman–Crippen MR) is 100 cm³/mol. The number of alkyl halides is 3. The van der Waals surface area contributed by atoms with Gasteiger partial charge < -0.3 is 14.6 Å². The van der Waals surface area contributed by atoms with Crippen LogP contribution >= 0.6 is 0 Å². The molecule has 162 valence electrons. The quantitative estimate of drug-likeness (QED) is 0.573. The van der Waals surface area contributed by atoms with Gasteiger partial charge in [-0.05, 0) is 61.4 Å². The fraction of sp³-hybridized carbons (Fsp3) is 0.286. The number of ether oxygens (including phenoxy) is 1. The maximum atomic E-state index is 13.1. The van der Waals surface area contributed by atoms with Crippen LogP contribution in [-0.4, -0.2) is 22.4 Å². The summed E-state index contributed by atoms with van der Waals surface area (Å²) in [4.78, 5) is 17.1. The van der Waals surface area contributed by atoms with E-state index >= 15 is 0 Å². The first-order valence-corrected chi connectivity index (χ1v) is 9.53. The van der Waals surface area contributed by atoms with E-state index in [9.17, 15) is 22.4 Å². The smallest absolute Gasteiger partial charge is 0.406 e. The molecule has 0 saturated heterocycles. The van der Waals surface area contributed by atoms with E-state index in [4.69, 9.17) is 4.52 Å². The highest BCUT2D eigenvalue weighted by Gasteiger charge is 2.42. The summed E-state index contributed by atoms with van der Waals surface area (Å²) in [7, 11) is 0. The summed E-state index contributed by atoms with van der Waals surface area (Å²) in [6.07, 6.45) is -1.94. The van der Waals surface area contributed by atoms with Crippen molar-refractivity contribution in [3.05, 3.63) is 65.8 Å². The summed E-state index contributed by atoms with van der Waals surface area (Å²) in [5.74, 6) is -0.809. The summed E-state index contributed by atoms with van der Waals surface area (Å²) in [5.41, 5.74) is -0.133. The molecule has 0 spiro atoms. The van der Waals surface area contributed by atoms with E-state index in [1.54, 1.807) is 0 Å². The molecule has 0 atom stereocenters. The molecule has 3 aromatic rings. The minimum absolute atomic E-state index is 0.177. The number of amides is 1. The van der Waals surface area contributed by atoms with E-state index in [0.29, 0.717) is 24.0 Å². The van der Waals surface area contributed by atoms with E-state index in [1.165, 1.54) is 36.4 Å². The molecule has 1 saturated carbocycles. The van der Waals surface area contributed by atoms with Crippen LogP contribution in [-0.2, 0) is 5.54 Å². The van der Waals surface area contributed by atoms with Crippen LogP contribution in [0.25, 0.3) is 11.4 Å². The Labute approximate surface area is 174 Å². The number of hydrogen-bond donors (Lipinski definition) is 1. The molecule has 1 aromatic heterocycles. The molecule has 4 rings (SSSR count). The van der Waals surface area contributed by atoms with Crippen molar-refractivity contribution in [2.45, 2.75) is 37.6 Å². The van der Waals surface area contributed by atoms with Crippen LogP contribution in [0.15, 0.2) is 53.1 Å². The number of rotatable bonds is 5. The molecule has 1 heterocycles. The third-order valence-corrected chi connectivity index (χ3v) is 5.10. The highest BCUT2D eigenvalue weighted by atomic mass is 19.4. The first kappa shape index (κ1) is 20.8. The molecule has 0 aliphatic heterocycles. The second-order valence-corrected chi connectivity index (χ2v) is 7.25. The zero-order valence-corrected chi connectivity index (χ0v) is 16.1. The monoisotopic (exact) mass is 435 g/mol. The third kappa shape index (κ3) is 4.68. The average molecular weight is 435 g/mol. The Balaban J connectivity index is 1.55. The second-order valence-electron chi connectivity index (χ2n) is 7.25. The third-order valence-electron chi connectivity index (χ3n) is 5.10. The minimum atomic E-state index is -4.78. The van der Waals surface area contributed by atoms with Gasteiger partial charge >= 0.3 is 6.36 Å². The van der Waals surface area contributed by atoms with E-state index < -0.39 is 23.6 Å². The lowest BCUT2D eigenvalue weighted by Gasteiger charge is -2.26. The van der Waals surface area contributed by atoms with Crippen molar-refractivity contribution in [2.75, 3.05) is 0 Å². The fourth-order valence-corrected chi connectivity index (χ4v) is 3.60. The molecular weight excluding hydrogens is 418 g/mol. The van der Waals surface area contributed by atoms with Crippen molar-refractivity contribution in [3.8, 4) is 17.1 Å². The van der Waals surface area contributed by atoms with Gasteiger partial charge in [0.2, 0.25) is 5.82 Å². The number of nitrogens with one attached hydrogen (secondary N) is 1. The number of halogens is 4. The van der Waals surface area contributed by atoms with Gasteiger partial charge in [-0.1, -0.05) is 18.0 Å². The van der Waals surface area contributed by atoms with E-state index in [2.05, 4.69) is 20.2 Å². The van der Waals surface area contributed by atoms with Crippen LogP contribution in [0.1, 0.15) is 41.9 Å². The topological polar surface area (TPSA) is 77.2 Å². The van der Waals surface area contributed by atoms with Gasteiger partial charge in [0.05, 0.1) is 0 Å². The molecule has 1 N–H and O–H groups in total. The van der Waals surface area contributed by atoms with Gasteiger partial charge in [-0.15, -0.1) is 13.2 Å². The molecule has 31 heavy (non-hydrogen) atoms. The molecule has 10 heteroatoms. The van der Waals surface area contributed by atoms with Gasteiger partial charge in [0, 0.05) is 11.1 Å². The van der Waals surface area contributed by atoms with Gasteiger partial charge in [0.25, 0.3) is 11.8 Å². The first-order valence-electron chi connectivity index (χ1n) is 9.53. The van der Waals surface area contributed by atoms with Crippen LogP contribution in [0, 0.1) is 5.82 Å². The molecule has 0 bridgehead atoms. The lowest BCUT2D eigenvalue weighted by atomic mass is 9.96. The predicted octanol–water partition coefficient (Wildman–Crippen LogP) is 4.97. The molecule has 1 aliphatic carbocycles. The summed E-state index contributed by atoms with van der Waals surface area (Å²) in [6.45, 7) is 0. The lowest BCUT2D eigenvalue weighted by Crippen LogP contribution is -2.44. The maximum Gasteiger partial charge on any atom is 0.573 e. The zero-order valence-electron chi connectivity index (χ0n) is 16.1. The average Bonchev–Trinajstić information content (AvgIpc) is 3.38. The van der Waals surface area contributed by atoms with Crippen LogP contribution in [0.2, 0.25) is 0 Å². The standard InChI is InChI=1S/C21H17F4N3O3/c22-15-7-3-14(4-8-15)18(29)27-20(11-1-2-12-20)19-26-17(28-31-19)13-5-9-16(10-6-13)30-21(23,24)25/h3-10H,1-2,11-12H2,(H,27,29). The number of hydrogen-bond acceptors (Lipinski definition) is 5. The van der Waals surface area contributed by atoms with Crippen molar-refractivity contribution in [1.82, 2.24) is 15.5 Å². The summed E-state index contributed by atoms with van der Waals surface area (Å²) in [6, 6.07) is 10.2. The van der Waals surface area contributed by atoms with Gasteiger partial charge in [-0.3, -0.25) is 4.79 Å². The highest BCUT2D eigenvalue weighted by Crippen LogP contribution is 2.39. The molecule has 1 aliphatic rings. The largest absolute Gasteiger partial charge is 0.573 e. The van der Waals surface area contributed by atoms with Crippen LogP contribution in [0.4, 0.5) is 17.6 Å². The molecular formula is C21H17F4N3O3. The van der Waals surface area contributed by atoms with Crippen molar-refractivity contribution in [2.24, 2.45) is 0 Å². The normalized spacial score (nSPS) is 15.6. The Morgan fingerprint density at radius 1 is 1.03 bits per heavy atom. The highest BCUT2D eigenvalue weighted by molar-refractivity contribution is 5.94. The summed E-state index contributed by atoms with van der Waals surface area (Å²) >= 11 is 0. The van der Waals surface area contributed by atoms with E-state index in [-0.39, 0.29) is 17.5 Å². The first-order chi connectivity index (χ1) is 14.7. The number of carbonyl (C=O) groups is 1. The second kappa shape index (κ2) is 8.01. The van der Waals surface area contributed by atoms with Gasteiger partial charge in [-0.2, -0.15) is 4.98 Å². The Bertz CT molecular complexity index is 1060. The molecule has 1 amide bonds. The molecule has 0 radical (unpaired) electrons. The number of benzene rings is 2. The lowest BCUT2D eigenvalue weighted by molar-refractivity contribution is -0.274. The van der Waals surface area contributed by atoms with Crippen molar-refractivity contribution >= 4 is 5.91 Å². The van der Waals surface area contributed by atoms with Gasteiger partial charge in [0.1, 0.15) is 17.1 Å². The van der Waals surface area contributed by atoms with Crippen LogP contribution in [0.3, 0.4) is 0 Å². The molecule has 0 unspecified atom stereocenters. The molecule has 2 aromatic carbocycles. The summed E-state index contributed by atoms with van der Waals surface area (Å²) < 4.78 is 59.4. The Morgan fingerprint density at radius 3 is 2.29 bits per heavy atom. The molecule has 6 nitrogen and oxygen atoms in total. The number of aromatic nitrogens is 2. The van der Waals surface area contributed by atoms with Crippen molar-refractivity contribution in [3.63, 3.8) is 0 Å². The van der Waals surface area contributed by atoms with Crippen LogP contribution in [0.5, 0.6) is 5.75 Å². The fourth-order valence-electron chi connectivity index (χ4n) is 3.60. The maximum absolute atomic E-state index is 13.1. The van der Waals surface area contributed by atoms with E-state index in [0.717, 1.165) is 25.0 Å².